The van der Waals surface area contributed by atoms with Gasteiger partial charge < -0.3 is 10.8 Å². The van der Waals surface area contributed by atoms with Crippen LogP contribution in [-0.2, 0) is 4.79 Å². The molecule has 0 amide bonds. The predicted octanol–water partition coefficient (Wildman–Crippen LogP) is 0.789. The second-order valence-electron chi connectivity index (χ2n) is 2.48. The zero-order valence-corrected chi connectivity index (χ0v) is 7.56. The van der Waals surface area contributed by atoms with Gasteiger partial charge in [-0.05, 0) is 30.9 Å². The maximum absolute atomic E-state index is 10.3. The fraction of sp³-hybridized carbons (Fsp3) is 0.857. The molecule has 0 bridgehead atoms. The van der Waals surface area contributed by atoms with Gasteiger partial charge in [0.25, 0.3) is 0 Å². The van der Waals surface area contributed by atoms with Crippen molar-refractivity contribution in [3.8, 4) is 0 Å². The van der Waals surface area contributed by atoms with E-state index in [0.29, 0.717) is 6.54 Å². The number of rotatable bonds is 6. The smallest absolute Gasteiger partial charge is 0.303 e. The molecule has 4 heteroatoms. The molecule has 3 nitrogen and oxygen atoms in total. The standard InChI is InChI=1S/C7H15NO2S/c1-11-3-2-6(5-8)4-7(9)10/h6H,2-5,8H2,1H3,(H,9,10). The lowest BCUT2D eigenvalue weighted by molar-refractivity contribution is -0.138. The van der Waals surface area contributed by atoms with Crippen molar-refractivity contribution < 1.29 is 9.90 Å². The van der Waals surface area contributed by atoms with Crippen LogP contribution in [0, 0.1) is 5.92 Å². The third-order valence-electron chi connectivity index (χ3n) is 1.53. The van der Waals surface area contributed by atoms with Gasteiger partial charge in [-0.3, -0.25) is 4.79 Å². The van der Waals surface area contributed by atoms with Crippen molar-refractivity contribution in [1.82, 2.24) is 0 Å². The van der Waals surface area contributed by atoms with Gasteiger partial charge in [0.05, 0.1) is 0 Å². The summed E-state index contributed by atoms with van der Waals surface area (Å²) in [5.74, 6) is 0.399. The van der Waals surface area contributed by atoms with E-state index >= 15 is 0 Å². The van der Waals surface area contributed by atoms with Gasteiger partial charge in [-0.2, -0.15) is 11.8 Å². The van der Waals surface area contributed by atoms with Crippen LogP contribution in [0.5, 0.6) is 0 Å². The summed E-state index contributed by atoms with van der Waals surface area (Å²) in [6.07, 6.45) is 3.12. The van der Waals surface area contributed by atoms with Crippen LogP contribution in [0.1, 0.15) is 12.8 Å². The molecular weight excluding hydrogens is 162 g/mol. The van der Waals surface area contributed by atoms with Gasteiger partial charge in [0.1, 0.15) is 0 Å². The van der Waals surface area contributed by atoms with Gasteiger partial charge in [0.2, 0.25) is 0 Å². The zero-order chi connectivity index (χ0) is 8.69. The highest BCUT2D eigenvalue weighted by molar-refractivity contribution is 7.98. The summed E-state index contributed by atoms with van der Waals surface area (Å²) in [5, 5.41) is 8.45. The number of hydrogen-bond acceptors (Lipinski definition) is 3. The fourth-order valence-corrected chi connectivity index (χ4v) is 1.40. The van der Waals surface area contributed by atoms with Gasteiger partial charge in [0, 0.05) is 6.42 Å². The maximum Gasteiger partial charge on any atom is 0.303 e. The first-order valence-corrected chi connectivity index (χ1v) is 5.01. The highest BCUT2D eigenvalue weighted by Gasteiger charge is 2.10. The minimum absolute atomic E-state index is 0.153. The van der Waals surface area contributed by atoms with Crippen molar-refractivity contribution in [2.45, 2.75) is 12.8 Å². The highest BCUT2D eigenvalue weighted by atomic mass is 32.2. The number of carbonyl (C=O) groups is 1. The summed E-state index contributed by atoms with van der Waals surface area (Å²) in [7, 11) is 0. The molecule has 1 unspecified atom stereocenters. The van der Waals surface area contributed by atoms with Crippen LogP contribution < -0.4 is 5.73 Å². The monoisotopic (exact) mass is 177 g/mol. The summed E-state index contributed by atoms with van der Waals surface area (Å²) in [6.45, 7) is 0.479. The van der Waals surface area contributed by atoms with E-state index in [1.807, 2.05) is 6.26 Å². The molecular formula is C7H15NO2S. The van der Waals surface area contributed by atoms with Crippen molar-refractivity contribution in [3.05, 3.63) is 0 Å². The Morgan fingerprint density at radius 1 is 1.73 bits per heavy atom. The number of aliphatic carboxylic acids is 1. The number of carboxylic acids is 1. The van der Waals surface area contributed by atoms with Crippen LogP contribution in [-0.4, -0.2) is 29.6 Å². The zero-order valence-electron chi connectivity index (χ0n) is 6.75. The minimum Gasteiger partial charge on any atom is -0.481 e. The molecule has 0 aromatic heterocycles. The second kappa shape index (κ2) is 6.49. The largest absolute Gasteiger partial charge is 0.481 e. The Morgan fingerprint density at radius 2 is 2.36 bits per heavy atom. The van der Waals surface area contributed by atoms with Crippen LogP contribution >= 0.6 is 11.8 Å². The second-order valence-corrected chi connectivity index (χ2v) is 3.47. The number of thioether (sulfide) groups is 1. The average Bonchev–Trinajstić information content (AvgIpc) is 1.97. The SMILES string of the molecule is CSCCC(CN)CC(=O)O. The van der Waals surface area contributed by atoms with E-state index in [1.54, 1.807) is 11.8 Å². The molecule has 0 heterocycles. The van der Waals surface area contributed by atoms with E-state index in [2.05, 4.69) is 0 Å². The molecule has 0 aliphatic rings. The first-order chi connectivity index (χ1) is 5.20. The van der Waals surface area contributed by atoms with Crippen molar-refractivity contribution in [3.63, 3.8) is 0 Å². The highest BCUT2D eigenvalue weighted by Crippen LogP contribution is 2.10. The van der Waals surface area contributed by atoms with Crippen LogP contribution in [0.2, 0.25) is 0 Å². The van der Waals surface area contributed by atoms with E-state index in [-0.39, 0.29) is 12.3 Å². The van der Waals surface area contributed by atoms with Crippen LogP contribution in [0.15, 0.2) is 0 Å². The van der Waals surface area contributed by atoms with Gasteiger partial charge in [-0.25, -0.2) is 0 Å². The molecule has 3 N–H and O–H groups in total. The molecule has 0 aliphatic heterocycles. The lowest BCUT2D eigenvalue weighted by Gasteiger charge is -2.09. The maximum atomic E-state index is 10.3. The molecule has 0 saturated heterocycles. The number of carboxylic acid groups (broad SMARTS) is 1. The quantitative estimate of drug-likeness (QED) is 0.629. The summed E-state index contributed by atoms with van der Waals surface area (Å²) in [5.41, 5.74) is 5.39. The molecule has 0 saturated carbocycles. The average molecular weight is 177 g/mol. The molecule has 0 aromatic rings. The van der Waals surface area contributed by atoms with Gasteiger partial charge >= 0.3 is 5.97 Å². The Morgan fingerprint density at radius 3 is 2.73 bits per heavy atom. The number of nitrogens with two attached hydrogens (primary N) is 1. The molecule has 0 spiro atoms. The fourth-order valence-electron chi connectivity index (χ4n) is 0.835. The Balaban J connectivity index is 3.49. The van der Waals surface area contributed by atoms with Crippen LogP contribution in [0.25, 0.3) is 0 Å². The van der Waals surface area contributed by atoms with E-state index in [4.69, 9.17) is 10.8 Å². The molecule has 1 atom stereocenters. The van der Waals surface area contributed by atoms with Crippen molar-refractivity contribution in [1.29, 1.82) is 0 Å². The molecule has 0 aromatic carbocycles. The molecule has 0 fully saturated rings. The van der Waals surface area contributed by atoms with Gasteiger partial charge in [-0.1, -0.05) is 0 Å². The molecule has 66 valence electrons. The Kier molecular flexibility index (Phi) is 6.36. The molecule has 0 rings (SSSR count). The summed E-state index contributed by atoms with van der Waals surface area (Å²) in [6, 6.07) is 0. The lowest BCUT2D eigenvalue weighted by Crippen LogP contribution is -2.18. The predicted molar refractivity (Wildman–Crippen MR) is 47.8 cm³/mol. The Bertz CT molecular complexity index is 119. The van der Waals surface area contributed by atoms with Gasteiger partial charge in [-0.15, -0.1) is 0 Å². The summed E-state index contributed by atoms with van der Waals surface area (Å²) >= 11 is 1.72. The number of hydrogen-bond donors (Lipinski definition) is 2. The molecule has 0 aliphatic carbocycles. The van der Waals surface area contributed by atoms with Crippen molar-refractivity contribution in [2.24, 2.45) is 11.7 Å². The molecule has 11 heavy (non-hydrogen) atoms. The van der Waals surface area contributed by atoms with E-state index in [9.17, 15) is 4.79 Å². The summed E-state index contributed by atoms with van der Waals surface area (Å²) in [4.78, 5) is 10.3. The minimum atomic E-state index is -0.749. The Hall–Kier alpha value is -0.220. The van der Waals surface area contributed by atoms with Crippen LogP contribution in [0.4, 0.5) is 0 Å². The third-order valence-corrected chi connectivity index (χ3v) is 2.17. The first-order valence-electron chi connectivity index (χ1n) is 3.61. The topological polar surface area (TPSA) is 63.3 Å². The summed E-state index contributed by atoms with van der Waals surface area (Å²) < 4.78 is 0. The first kappa shape index (κ1) is 10.8. The van der Waals surface area contributed by atoms with E-state index in [1.165, 1.54) is 0 Å². The van der Waals surface area contributed by atoms with Crippen molar-refractivity contribution >= 4 is 17.7 Å². The van der Waals surface area contributed by atoms with Crippen LogP contribution in [0.3, 0.4) is 0 Å². The third kappa shape index (κ3) is 6.19. The Labute approximate surface area is 71.3 Å². The lowest BCUT2D eigenvalue weighted by atomic mass is 10.0. The van der Waals surface area contributed by atoms with E-state index < -0.39 is 5.97 Å². The molecule has 0 radical (unpaired) electrons. The normalized spacial score (nSPS) is 12.9. The van der Waals surface area contributed by atoms with Gasteiger partial charge in [0.15, 0.2) is 0 Å². The van der Waals surface area contributed by atoms with Crippen molar-refractivity contribution in [2.75, 3.05) is 18.6 Å². The van der Waals surface area contributed by atoms with E-state index in [0.717, 1.165) is 12.2 Å².